The smallest absolute Gasteiger partial charge is 0.410 e. The number of hydrogen-bond donors (Lipinski definition) is 1. The Morgan fingerprint density at radius 3 is 2.66 bits per heavy atom. The highest BCUT2D eigenvalue weighted by atomic mass is 16.6. The molecule has 0 aromatic heterocycles. The molecule has 0 radical (unpaired) electrons. The molecule has 2 rings (SSSR count). The van der Waals surface area contributed by atoms with Gasteiger partial charge in [-0.25, -0.2) is 4.79 Å². The summed E-state index contributed by atoms with van der Waals surface area (Å²) in [6.07, 6.45) is 6.19. The number of nitrogens with one attached hydrogen (secondary N) is 1. The van der Waals surface area contributed by atoms with Crippen molar-refractivity contribution in [2.24, 2.45) is 10.9 Å². The van der Waals surface area contributed by atoms with E-state index in [1.165, 1.54) is 5.57 Å². The van der Waals surface area contributed by atoms with Gasteiger partial charge in [0, 0.05) is 39.8 Å². The lowest BCUT2D eigenvalue weighted by Gasteiger charge is -2.36. The fraction of sp³-hybridized carbons (Fsp3) is 0.818. The Bertz CT molecular complexity index is 575. The highest BCUT2D eigenvalue weighted by molar-refractivity contribution is 5.80. The second-order valence-electron chi connectivity index (χ2n) is 8.86. The van der Waals surface area contributed by atoms with Crippen molar-refractivity contribution in [3.8, 4) is 0 Å². The molecule has 2 aliphatic rings. The van der Waals surface area contributed by atoms with Gasteiger partial charge in [0.2, 0.25) is 0 Å². The van der Waals surface area contributed by atoms with Crippen LogP contribution in [-0.4, -0.2) is 80.4 Å². The summed E-state index contributed by atoms with van der Waals surface area (Å²) in [6, 6.07) is 0. The second kappa shape index (κ2) is 11.4. The number of likely N-dealkylation sites (tertiary alicyclic amines) is 1. The van der Waals surface area contributed by atoms with Crippen molar-refractivity contribution in [1.29, 1.82) is 0 Å². The van der Waals surface area contributed by atoms with Crippen molar-refractivity contribution < 1.29 is 14.3 Å². The van der Waals surface area contributed by atoms with E-state index < -0.39 is 5.60 Å². The molecule has 7 nitrogen and oxygen atoms in total. The van der Waals surface area contributed by atoms with Crippen molar-refractivity contribution >= 4 is 12.1 Å². The predicted molar refractivity (Wildman–Crippen MR) is 117 cm³/mol. The number of carbonyl (C=O) groups excluding carboxylic acids is 1. The molecule has 0 aliphatic carbocycles. The number of carbonyl (C=O) groups is 1. The van der Waals surface area contributed by atoms with Crippen LogP contribution in [0.3, 0.4) is 0 Å². The van der Waals surface area contributed by atoms with Gasteiger partial charge in [0.15, 0.2) is 5.96 Å². The highest BCUT2D eigenvalue weighted by Gasteiger charge is 2.27. The van der Waals surface area contributed by atoms with Crippen molar-refractivity contribution in [1.82, 2.24) is 15.1 Å². The molecule has 7 heteroatoms. The number of aliphatic imine (C=N–C) groups is 1. The van der Waals surface area contributed by atoms with Crippen LogP contribution in [0.25, 0.3) is 0 Å². The summed E-state index contributed by atoms with van der Waals surface area (Å²) >= 11 is 0. The van der Waals surface area contributed by atoms with Crippen LogP contribution in [0.1, 0.15) is 53.4 Å². The Labute approximate surface area is 176 Å². The fourth-order valence-corrected chi connectivity index (χ4v) is 3.76. The Hall–Kier alpha value is -1.76. The summed E-state index contributed by atoms with van der Waals surface area (Å²) in [5, 5.41) is 3.51. The first-order chi connectivity index (χ1) is 13.8. The Morgan fingerprint density at radius 1 is 1.38 bits per heavy atom. The third-order valence-electron chi connectivity index (χ3n) is 5.42. The summed E-state index contributed by atoms with van der Waals surface area (Å²) in [4.78, 5) is 21.0. The van der Waals surface area contributed by atoms with Crippen LogP contribution in [-0.2, 0) is 9.47 Å². The summed E-state index contributed by atoms with van der Waals surface area (Å²) in [5.74, 6) is 1.49. The molecular formula is C22H40N4O3. The number of nitrogens with zero attached hydrogens (tertiary/aromatic N) is 3. The number of piperidine rings is 1. The maximum Gasteiger partial charge on any atom is 0.410 e. The van der Waals surface area contributed by atoms with E-state index in [2.05, 4.69) is 21.3 Å². The number of ether oxygens (including phenoxy) is 2. The monoisotopic (exact) mass is 408 g/mol. The molecular weight excluding hydrogens is 368 g/mol. The molecule has 0 saturated carbocycles. The molecule has 1 N–H and O–H groups in total. The third-order valence-corrected chi connectivity index (χ3v) is 5.42. The van der Waals surface area contributed by atoms with E-state index >= 15 is 0 Å². The van der Waals surface area contributed by atoms with E-state index in [4.69, 9.17) is 9.47 Å². The van der Waals surface area contributed by atoms with Crippen LogP contribution in [0.2, 0.25) is 0 Å². The van der Waals surface area contributed by atoms with E-state index in [1.54, 1.807) is 0 Å². The zero-order chi connectivity index (χ0) is 21.3. The number of amides is 1. The van der Waals surface area contributed by atoms with Gasteiger partial charge in [-0.3, -0.25) is 4.99 Å². The van der Waals surface area contributed by atoms with Gasteiger partial charge in [-0.1, -0.05) is 11.6 Å². The van der Waals surface area contributed by atoms with Gasteiger partial charge < -0.3 is 24.6 Å². The van der Waals surface area contributed by atoms with E-state index in [9.17, 15) is 4.79 Å². The maximum absolute atomic E-state index is 12.4. The quantitative estimate of drug-likeness (QED) is 0.415. The van der Waals surface area contributed by atoms with Gasteiger partial charge in [0.05, 0.1) is 13.2 Å². The van der Waals surface area contributed by atoms with Gasteiger partial charge in [0.25, 0.3) is 0 Å². The molecule has 166 valence electrons. The van der Waals surface area contributed by atoms with Crippen molar-refractivity contribution in [3.05, 3.63) is 11.6 Å². The molecule has 0 aromatic rings. The Balaban J connectivity index is 1.74. The third kappa shape index (κ3) is 8.25. The molecule has 0 bridgehead atoms. The van der Waals surface area contributed by atoms with Gasteiger partial charge >= 0.3 is 6.09 Å². The first-order valence-corrected chi connectivity index (χ1v) is 11.0. The van der Waals surface area contributed by atoms with E-state index in [1.807, 2.05) is 39.6 Å². The Kier molecular flexibility index (Phi) is 9.27. The van der Waals surface area contributed by atoms with Gasteiger partial charge in [-0.2, -0.15) is 0 Å². The standard InChI is InChI=1S/C22H40N4O3/c1-6-25(21(27)29-22(2,3)4)17-19-8-13-26(14-9-19)20(23-5)24-12-7-18-10-15-28-16-11-18/h10,19H,6-9,11-17H2,1-5H3,(H,23,24). The molecule has 1 saturated heterocycles. The minimum Gasteiger partial charge on any atom is -0.444 e. The average Bonchev–Trinajstić information content (AvgIpc) is 2.69. The summed E-state index contributed by atoms with van der Waals surface area (Å²) < 4.78 is 10.9. The van der Waals surface area contributed by atoms with E-state index in [0.717, 1.165) is 71.0 Å². The minimum absolute atomic E-state index is 0.206. The predicted octanol–water partition coefficient (Wildman–Crippen LogP) is 3.27. The fourth-order valence-electron chi connectivity index (χ4n) is 3.76. The first kappa shape index (κ1) is 23.5. The molecule has 29 heavy (non-hydrogen) atoms. The molecule has 2 aliphatic heterocycles. The van der Waals surface area contributed by atoms with Gasteiger partial charge in [-0.05, 0) is 59.3 Å². The Morgan fingerprint density at radius 2 is 2.10 bits per heavy atom. The van der Waals surface area contributed by atoms with Crippen LogP contribution in [0, 0.1) is 5.92 Å². The highest BCUT2D eigenvalue weighted by Crippen LogP contribution is 2.20. The molecule has 2 heterocycles. The normalized spacial score (nSPS) is 19.0. The molecule has 0 spiro atoms. The van der Waals surface area contributed by atoms with Crippen LogP contribution in [0.15, 0.2) is 16.6 Å². The first-order valence-electron chi connectivity index (χ1n) is 11.0. The summed E-state index contributed by atoms with van der Waals surface area (Å²) in [7, 11) is 1.85. The molecule has 0 atom stereocenters. The largest absolute Gasteiger partial charge is 0.444 e. The minimum atomic E-state index is -0.452. The molecule has 0 unspecified atom stereocenters. The lowest BCUT2D eigenvalue weighted by Crippen LogP contribution is -2.48. The second-order valence-corrected chi connectivity index (χ2v) is 8.86. The van der Waals surface area contributed by atoms with Crippen LogP contribution >= 0.6 is 0 Å². The van der Waals surface area contributed by atoms with Crippen molar-refractivity contribution in [2.45, 2.75) is 59.0 Å². The molecule has 1 amide bonds. The number of rotatable bonds is 6. The molecule has 1 fully saturated rings. The average molecular weight is 409 g/mol. The number of hydrogen-bond acceptors (Lipinski definition) is 4. The SMILES string of the molecule is CCN(CC1CCN(C(=NC)NCCC2=CCOCC2)CC1)C(=O)OC(C)(C)C. The zero-order valence-electron chi connectivity index (χ0n) is 19.0. The van der Waals surface area contributed by atoms with Gasteiger partial charge in [-0.15, -0.1) is 0 Å². The van der Waals surface area contributed by atoms with Crippen molar-refractivity contribution in [3.63, 3.8) is 0 Å². The van der Waals surface area contributed by atoms with Crippen LogP contribution < -0.4 is 5.32 Å². The topological polar surface area (TPSA) is 66.4 Å². The zero-order valence-corrected chi connectivity index (χ0v) is 19.0. The lowest BCUT2D eigenvalue weighted by atomic mass is 9.96. The van der Waals surface area contributed by atoms with E-state index in [0.29, 0.717) is 12.5 Å². The maximum atomic E-state index is 12.4. The van der Waals surface area contributed by atoms with Gasteiger partial charge in [0.1, 0.15) is 5.60 Å². The van der Waals surface area contributed by atoms with Crippen molar-refractivity contribution in [2.75, 3.05) is 53.0 Å². The number of guanidine groups is 1. The summed E-state index contributed by atoms with van der Waals surface area (Å²) in [5.41, 5.74) is 1.02. The lowest BCUT2D eigenvalue weighted by molar-refractivity contribution is 0.0214. The van der Waals surface area contributed by atoms with E-state index in [-0.39, 0.29) is 6.09 Å². The van der Waals surface area contributed by atoms with Crippen LogP contribution in [0.4, 0.5) is 4.79 Å². The van der Waals surface area contributed by atoms with Crippen LogP contribution in [0.5, 0.6) is 0 Å². The molecule has 0 aromatic carbocycles. The summed E-state index contributed by atoms with van der Waals surface area (Å²) in [6.45, 7) is 13.6.